The van der Waals surface area contributed by atoms with E-state index in [9.17, 15) is 9.59 Å². The second kappa shape index (κ2) is 8.43. The van der Waals surface area contributed by atoms with E-state index >= 15 is 0 Å². The molecule has 0 bridgehead atoms. The van der Waals surface area contributed by atoms with Crippen molar-refractivity contribution < 1.29 is 23.3 Å². The van der Waals surface area contributed by atoms with E-state index in [0.717, 1.165) is 0 Å². The maximum Gasteiger partial charge on any atom is 0.344 e. The molecule has 5 aromatic rings. The number of rotatable bonds is 5. The number of hydrogen-bond donors (Lipinski definition) is 1. The van der Waals surface area contributed by atoms with Crippen LogP contribution < -0.4 is 10.1 Å². The molecule has 0 radical (unpaired) electrons. The molecule has 3 heterocycles. The van der Waals surface area contributed by atoms with Gasteiger partial charge in [0.05, 0.1) is 22.9 Å². The van der Waals surface area contributed by atoms with Crippen LogP contribution in [-0.4, -0.2) is 22.0 Å². The third-order valence-electron chi connectivity index (χ3n) is 4.97. The molecular weight excluding hydrogens is 422 g/mol. The van der Waals surface area contributed by atoms with Crippen molar-refractivity contribution in [3.05, 3.63) is 95.9 Å². The number of amides is 1. The minimum Gasteiger partial charge on any atom is -0.463 e. The standard InChI is InChI=1S/C25H17N3O5/c1-15-22-19(14-20(21-8-5-13-31-21)27-24(22)33-28-15)25(30)32-18-11-9-17(10-12-18)26-23(29)16-6-3-2-4-7-16/h2-14H,1H3,(H,26,29). The van der Waals surface area contributed by atoms with Crippen LogP contribution in [0, 0.1) is 6.92 Å². The number of furan rings is 1. The smallest absolute Gasteiger partial charge is 0.344 e. The van der Waals surface area contributed by atoms with Gasteiger partial charge in [-0.2, -0.15) is 0 Å². The zero-order valence-corrected chi connectivity index (χ0v) is 17.4. The molecule has 0 aliphatic carbocycles. The van der Waals surface area contributed by atoms with Crippen molar-refractivity contribution in [3.63, 3.8) is 0 Å². The summed E-state index contributed by atoms with van der Waals surface area (Å²) in [7, 11) is 0. The minimum atomic E-state index is -0.595. The average Bonchev–Trinajstić information content (AvgIpc) is 3.51. The molecule has 1 N–H and O–H groups in total. The fraction of sp³-hybridized carbons (Fsp3) is 0.0400. The number of carbonyl (C=O) groups is 2. The summed E-state index contributed by atoms with van der Waals surface area (Å²) in [5.41, 5.74) is 2.54. The number of nitrogens with one attached hydrogen (secondary N) is 1. The van der Waals surface area contributed by atoms with Crippen LogP contribution in [0.5, 0.6) is 5.75 Å². The number of hydrogen-bond acceptors (Lipinski definition) is 7. The van der Waals surface area contributed by atoms with E-state index in [1.165, 1.54) is 6.26 Å². The molecule has 0 aliphatic rings. The molecule has 5 rings (SSSR count). The van der Waals surface area contributed by atoms with Gasteiger partial charge in [0, 0.05) is 11.3 Å². The molecule has 8 heteroatoms. The first-order valence-electron chi connectivity index (χ1n) is 10.1. The van der Waals surface area contributed by atoms with Crippen LogP contribution in [0.2, 0.25) is 0 Å². The number of nitrogens with zero attached hydrogens (tertiary/aromatic N) is 2. The Morgan fingerprint density at radius 2 is 1.76 bits per heavy atom. The van der Waals surface area contributed by atoms with Gasteiger partial charge in [-0.1, -0.05) is 23.4 Å². The van der Waals surface area contributed by atoms with Gasteiger partial charge in [0.1, 0.15) is 11.4 Å². The Hall–Kier alpha value is -4.72. The topological polar surface area (TPSA) is 107 Å². The summed E-state index contributed by atoms with van der Waals surface area (Å²) in [5.74, 6) is -0.0228. The van der Waals surface area contributed by atoms with Crippen LogP contribution in [0.25, 0.3) is 22.6 Å². The van der Waals surface area contributed by atoms with Crippen LogP contribution in [-0.2, 0) is 0 Å². The lowest BCUT2D eigenvalue weighted by molar-refractivity contribution is 0.0736. The molecule has 0 fully saturated rings. The summed E-state index contributed by atoms with van der Waals surface area (Å²) in [4.78, 5) is 29.7. The molecule has 1 amide bonds. The van der Waals surface area contributed by atoms with Gasteiger partial charge in [-0.15, -0.1) is 0 Å². The van der Waals surface area contributed by atoms with Crippen LogP contribution >= 0.6 is 0 Å². The monoisotopic (exact) mass is 439 g/mol. The van der Waals surface area contributed by atoms with Crippen molar-refractivity contribution in [2.24, 2.45) is 0 Å². The number of fused-ring (bicyclic) bond motifs is 1. The van der Waals surface area contributed by atoms with Gasteiger partial charge < -0.3 is 19.0 Å². The van der Waals surface area contributed by atoms with Crippen LogP contribution in [0.1, 0.15) is 26.4 Å². The average molecular weight is 439 g/mol. The molecule has 162 valence electrons. The first-order valence-corrected chi connectivity index (χ1v) is 10.1. The van der Waals surface area contributed by atoms with Crippen LogP contribution in [0.3, 0.4) is 0 Å². The van der Waals surface area contributed by atoms with Crippen LogP contribution in [0.4, 0.5) is 5.69 Å². The summed E-state index contributed by atoms with van der Waals surface area (Å²) in [5, 5.41) is 7.19. The maximum atomic E-state index is 13.0. The van der Waals surface area contributed by atoms with E-state index in [0.29, 0.717) is 39.5 Å². The summed E-state index contributed by atoms with van der Waals surface area (Å²) in [6.07, 6.45) is 1.52. The quantitative estimate of drug-likeness (QED) is 0.294. The van der Waals surface area contributed by atoms with E-state index < -0.39 is 5.97 Å². The Kier molecular flexibility index (Phi) is 5.16. The van der Waals surface area contributed by atoms with Crippen molar-refractivity contribution in [2.75, 3.05) is 5.32 Å². The molecule has 33 heavy (non-hydrogen) atoms. The summed E-state index contributed by atoms with van der Waals surface area (Å²) < 4.78 is 16.2. The number of anilines is 1. The Labute approximate surface area is 187 Å². The fourth-order valence-electron chi connectivity index (χ4n) is 3.37. The zero-order valence-electron chi connectivity index (χ0n) is 17.4. The maximum absolute atomic E-state index is 13.0. The molecule has 0 saturated heterocycles. The lowest BCUT2D eigenvalue weighted by Gasteiger charge is -2.08. The molecule has 8 nitrogen and oxygen atoms in total. The second-order valence-electron chi connectivity index (χ2n) is 7.21. The molecule has 0 saturated carbocycles. The molecular formula is C25H17N3O5. The van der Waals surface area contributed by atoms with E-state index in [1.54, 1.807) is 73.7 Å². The minimum absolute atomic E-state index is 0.215. The number of carbonyl (C=O) groups excluding carboxylic acids is 2. The highest BCUT2D eigenvalue weighted by atomic mass is 16.5. The Morgan fingerprint density at radius 1 is 0.970 bits per heavy atom. The van der Waals surface area contributed by atoms with Crippen molar-refractivity contribution >= 4 is 28.7 Å². The van der Waals surface area contributed by atoms with Gasteiger partial charge in [-0.05, 0) is 61.5 Å². The first kappa shape index (κ1) is 20.2. The van der Waals surface area contributed by atoms with Gasteiger partial charge >= 0.3 is 5.97 Å². The number of pyridine rings is 1. The third-order valence-corrected chi connectivity index (χ3v) is 4.97. The van der Waals surface area contributed by atoms with E-state index in [-0.39, 0.29) is 17.2 Å². The fourth-order valence-corrected chi connectivity index (χ4v) is 3.37. The van der Waals surface area contributed by atoms with E-state index in [1.807, 2.05) is 6.07 Å². The largest absolute Gasteiger partial charge is 0.463 e. The Balaban J connectivity index is 1.37. The molecule has 0 spiro atoms. The molecule has 0 unspecified atom stereocenters. The summed E-state index contributed by atoms with van der Waals surface area (Å²) in [6, 6.07) is 20.4. The van der Waals surface area contributed by atoms with Gasteiger partial charge in [0.2, 0.25) is 0 Å². The lowest BCUT2D eigenvalue weighted by atomic mass is 10.1. The predicted molar refractivity (Wildman–Crippen MR) is 120 cm³/mol. The summed E-state index contributed by atoms with van der Waals surface area (Å²) >= 11 is 0. The highest BCUT2D eigenvalue weighted by Crippen LogP contribution is 2.28. The number of esters is 1. The number of aromatic nitrogens is 2. The highest BCUT2D eigenvalue weighted by Gasteiger charge is 2.21. The number of ether oxygens (including phenoxy) is 1. The molecule has 3 aromatic heterocycles. The van der Waals surface area contributed by atoms with Crippen molar-refractivity contribution in [3.8, 4) is 17.2 Å². The van der Waals surface area contributed by atoms with E-state index in [2.05, 4.69) is 15.5 Å². The molecule has 2 aromatic carbocycles. The molecule has 0 atom stereocenters. The second-order valence-corrected chi connectivity index (χ2v) is 7.21. The number of aryl methyl sites for hydroxylation is 1. The van der Waals surface area contributed by atoms with Gasteiger partial charge in [-0.25, -0.2) is 9.78 Å². The first-order chi connectivity index (χ1) is 16.1. The summed E-state index contributed by atoms with van der Waals surface area (Å²) in [6.45, 7) is 1.72. The normalized spacial score (nSPS) is 10.8. The van der Waals surface area contributed by atoms with E-state index in [4.69, 9.17) is 13.7 Å². The predicted octanol–water partition coefficient (Wildman–Crippen LogP) is 5.26. The van der Waals surface area contributed by atoms with Crippen LogP contribution in [0.15, 0.2) is 88.0 Å². The van der Waals surface area contributed by atoms with Crippen molar-refractivity contribution in [2.45, 2.75) is 6.92 Å². The van der Waals surface area contributed by atoms with Gasteiger partial charge in [0.25, 0.3) is 11.6 Å². The molecule has 0 aliphatic heterocycles. The highest BCUT2D eigenvalue weighted by molar-refractivity contribution is 6.05. The number of benzene rings is 2. The zero-order chi connectivity index (χ0) is 22.8. The van der Waals surface area contributed by atoms with Crippen molar-refractivity contribution in [1.82, 2.24) is 10.1 Å². The Morgan fingerprint density at radius 3 is 2.48 bits per heavy atom. The lowest BCUT2D eigenvalue weighted by Crippen LogP contribution is -2.12. The third kappa shape index (κ3) is 4.09. The SMILES string of the molecule is Cc1noc2nc(-c3ccco3)cc(C(=O)Oc3ccc(NC(=O)c4ccccc4)cc3)c12. The van der Waals surface area contributed by atoms with Gasteiger partial charge in [-0.3, -0.25) is 4.79 Å². The van der Waals surface area contributed by atoms with Crippen molar-refractivity contribution in [1.29, 1.82) is 0 Å². The van der Waals surface area contributed by atoms with Gasteiger partial charge in [0.15, 0.2) is 5.76 Å². The Bertz CT molecular complexity index is 1440.